The molecule has 164 valence electrons. The molecule has 0 saturated carbocycles. The van der Waals surface area contributed by atoms with E-state index < -0.39 is 6.04 Å². The Kier molecular flexibility index (Phi) is 5.16. The van der Waals surface area contributed by atoms with Gasteiger partial charge in [-0.15, -0.1) is 0 Å². The maximum atomic E-state index is 13.4. The van der Waals surface area contributed by atoms with Crippen molar-refractivity contribution < 1.29 is 9.53 Å². The standard InChI is InChI=1S/C25H25BrN4O2/c1-15-6-4-5-7-16(15)13-32-21-9-8-17(26)10-18(21)23-22-19(11-25(2,3)12-20(22)31)29-24-27-14-28-30(23)24/h4-10,14,23H,11-13H2,1-3H3,(H,27,28,29). The molecule has 5 rings (SSSR count). The third-order valence-electron chi connectivity index (χ3n) is 6.18. The fourth-order valence-corrected chi connectivity index (χ4v) is 5.01. The topological polar surface area (TPSA) is 69.0 Å². The van der Waals surface area contributed by atoms with Crippen LogP contribution >= 0.6 is 15.9 Å². The fourth-order valence-electron chi connectivity index (χ4n) is 4.63. The van der Waals surface area contributed by atoms with E-state index in [0.29, 0.717) is 19.0 Å². The molecule has 1 aromatic heterocycles. The highest BCUT2D eigenvalue weighted by Gasteiger charge is 2.42. The molecule has 0 spiro atoms. The summed E-state index contributed by atoms with van der Waals surface area (Å²) in [7, 11) is 0. The molecule has 1 aliphatic heterocycles. The zero-order valence-corrected chi connectivity index (χ0v) is 19.9. The van der Waals surface area contributed by atoms with Gasteiger partial charge in [0.1, 0.15) is 24.7 Å². The van der Waals surface area contributed by atoms with Crippen LogP contribution in [0.4, 0.5) is 5.95 Å². The summed E-state index contributed by atoms with van der Waals surface area (Å²) >= 11 is 3.61. The quantitative estimate of drug-likeness (QED) is 0.514. The summed E-state index contributed by atoms with van der Waals surface area (Å²) in [6, 6.07) is 13.7. The monoisotopic (exact) mass is 492 g/mol. The third kappa shape index (κ3) is 3.75. The van der Waals surface area contributed by atoms with Gasteiger partial charge in [-0.25, -0.2) is 4.68 Å². The van der Waals surface area contributed by atoms with Gasteiger partial charge in [0.25, 0.3) is 0 Å². The van der Waals surface area contributed by atoms with Gasteiger partial charge < -0.3 is 10.1 Å². The smallest absolute Gasteiger partial charge is 0.226 e. The van der Waals surface area contributed by atoms with Gasteiger partial charge in [-0.3, -0.25) is 4.79 Å². The zero-order chi connectivity index (χ0) is 22.5. The van der Waals surface area contributed by atoms with Gasteiger partial charge >= 0.3 is 0 Å². The Hall–Kier alpha value is -2.93. The van der Waals surface area contributed by atoms with E-state index in [9.17, 15) is 4.79 Å². The average Bonchev–Trinajstić information content (AvgIpc) is 3.19. The maximum absolute atomic E-state index is 13.4. The summed E-state index contributed by atoms with van der Waals surface area (Å²) in [5, 5.41) is 7.83. The Bertz CT molecular complexity index is 1240. The van der Waals surface area contributed by atoms with Crippen molar-refractivity contribution >= 4 is 27.7 Å². The number of ketones is 1. The van der Waals surface area contributed by atoms with E-state index in [2.05, 4.69) is 64.2 Å². The maximum Gasteiger partial charge on any atom is 0.226 e. The molecule has 1 unspecified atom stereocenters. The first kappa shape index (κ1) is 20.9. The highest BCUT2D eigenvalue weighted by atomic mass is 79.9. The Morgan fingerprint density at radius 3 is 2.84 bits per heavy atom. The Morgan fingerprint density at radius 1 is 1.22 bits per heavy atom. The van der Waals surface area contributed by atoms with Crippen LogP contribution in [0.5, 0.6) is 5.75 Å². The molecular weight excluding hydrogens is 468 g/mol. The van der Waals surface area contributed by atoms with Gasteiger partial charge in [-0.2, -0.15) is 10.1 Å². The third-order valence-corrected chi connectivity index (χ3v) is 6.68. The number of nitrogens with one attached hydrogen (secondary N) is 1. The zero-order valence-electron chi connectivity index (χ0n) is 18.4. The number of fused-ring (bicyclic) bond motifs is 1. The number of benzene rings is 2. The van der Waals surface area contributed by atoms with Gasteiger partial charge in [0, 0.05) is 27.7 Å². The molecular formula is C25H25BrN4O2. The first-order valence-electron chi connectivity index (χ1n) is 10.7. The van der Waals surface area contributed by atoms with E-state index in [-0.39, 0.29) is 11.2 Å². The van der Waals surface area contributed by atoms with Crippen LogP contribution in [-0.2, 0) is 11.4 Å². The van der Waals surface area contributed by atoms with E-state index in [1.165, 1.54) is 11.9 Å². The Balaban J connectivity index is 1.60. The molecule has 7 heteroatoms. The molecule has 2 aromatic carbocycles. The number of hydrogen-bond donors (Lipinski definition) is 1. The number of Topliss-reactive ketones (excluding diaryl/α,β-unsaturated/α-hetero) is 1. The van der Waals surface area contributed by atoms with Crippen molar-refractivity contribution in [3.63, 3.8) is 0 Å². The predicted molar refractivity (Wildman–Crippen MR) is 126 cm³/mol. The summed E-state index contributed by atoms with van der Waals surface area (Å²) in [4.78, 5) is 17.8. The first-order chi connectivity index (χ1) is 15.3. The SMILES string of the molecule is Cc1ccccc1COc1ccc(Br)cc1C1C2=C(CC(C)(C)CC2=O)Nc2ncnn21. The molecule has 32 heavy (non-hydrogen) atoms. The number of anilines is 1. The molecule has 1 aliphatic carbocycles. The van der Waals surface area contributed by atoms with Crippen molar-refractivity contribution in [3.8, 4) is 5.75 Å². The van der Waals surface area contributed by atoms with Gasteiger partial charge in [0.15, 0.2) is 5.78 Å². The summed E-state index contributed by atoms with van der Waals surface area (Å²) in [6.45, 7) is 6.78. The van der Waals surface area contributed by atoms with Crippen LogP contribution in [0.15, 0.2) is 64.5 Å². The van der Waals surface area contributed by atoms with Crippen LogP contribution < -0.4 is 10.1 Å². The normalized spacial score (nSPS) is 19.2. The number of carbonyl (C=O) groups is 1. The second-order valence-electron chi connectivity index (χ2n) is 9.29. The highest BCUT2D eigenvalue weighted by Crippen LogP contribution is 2.47. The number of halogens is 1. The van der Waals surface area contributed by atoms with E-state index >= 15 is 0 Å². The molecule has 2 aliphatic rings. The fraction of sp³-hybridized carbons (Fsp3) is 0.320. The minimum Gasteiger partial charge on any atom is -0.489 e. The van der Waals surface area contributed by atoms with E-state index in [4.69, 9.17) is 4.74 Å². The number of hydrogen-bond acceptors (Lipinski definition) is 5. The molecule has 0 radical (unpaired) electrons. The average molecular weight is 493 g/mol. The van der Waals surface area contributed by atoms with Crippen LogP contribution in [0.2, 0.25) is 0 Å². The lowest BCUT2D eigenvalue weighted by Crippen LogP contribution is -2.36. The van der Waals surface area contributed by atoms with Gasteiger partial charge in [0.2, 0.25) is 5.95 Å². The van der Waals surface area contributed by atoms with E-state index in [1.54, 1.807) is 4.68 Å². The van der Waals surface area contributed by atoms with Crippen LogP contribution in [0.1, 0.15) is 49.4 Å². The lowest BCUT2D eigenvalue weighted by Gasteiger charge is -2.38. The van der Waals surface area contributed by atoms with Crippen LogP contribution in [0.3, 0.4) is 0 Å². The molecule has 1 atom stereocenters. The lowest BCUT2D eigenvalue weighted by molar-refractivity contribution is -0.118. The molecule has 2 heterocycles. The molecule has 0 amide bonds. The molecule has 0 fully saturated rings. The summed E-state index contributed by atoms with van der Waals surface area (Å²) in [5.41, 5.74) is 4.78. The molecule has 1 N–H and O–H groups in total. The summed E-state index contributed by atoms with van der Waals surface area (Å²) < 4.78 is 9.03. The summed E-state index contributed by atoms with van der Waals surface area (Å²) in [6.07, 6.45) is 2.81. The van der Waals surface area contributed by atoms with Crippen molar-refractivity contribution in [2.24, 2.45) is 5.41 Å². The molecule has 0 saturated heterocycles. The lowest BCUT2D eigenvalue weighted by atomic mass is 9.73. The number of allylic oxidation sites excluding steroid dienone is 2. The van der Waals surface area contributed by atoms with Crippen molar-refractivity contribution in [1.29, 1.82) is 0 Å². The number of carbonyl (C=O) groups excluding carboxylic acids is 1. The van der Waals surface area contributed by atoms with Crippen molar-refractivity contribution in [2.75, 3.05) is 5.32 Å². The predicted octanol–water partition coefficient (Wildman–Crippen LogP) is 5.59. The van der Waals surface area contributed by atoms with Crippen molar-refractivity contribution in [2.45, 2.75) is 46.3 Å². The Morgan fingerprint density at radius 2 is 2.03 bits per heavy atom. The Labute approximate surface area is 195 Å². The molecule has 6 nitrogen and oxygen atoms in total. The first-order valence-corrected chi connectivity index (χ1v) is 11.5. The summed E-state index contributed by atoms with van der Waals surface area (Å²) in [5.74, 6) is 1.51. The van der Waals surface area contributed by atoms with Crippen molar-refractivity contribution in [3.05, 3.63) is 81.2 Å². The van der Waals surface area contributed by atoms with Gasteiger partial charge in [0.05, 0.1) is 0 Å². The van der Waals surface area contributed by atoms with Crippen LogP contribution in [0, 0.1) is 12.3 Å². The minimum atomic E-state index is -0.392. The minimum absolute atomic E-state index is 0.100. The number of rotatable bonds is 4. The second-order valence-corrected chi connectivity index (χ2v) is 10.2. The number of aryl methyl sites for hydroxylation is 1. The van der Waals surface area contributed by atoms with E-state index in [1.807, 2.05) is 30.3 Å². The van der Waals surface area contributed by atoms with Gasteiger partial charge in [-0.05, 0) is 48.1 Å². The number of aromatic nitrogens is 3. The van der Waals surface area contributed by atoms with E-state index in [0.717, 1.165) is 39.0 Å². The molecule has 3 aromatic rings. The van der Waals surface area contributed by atoms with Gasteiger partial charge in [-0.1, -0.05) is 54.0 Å². The van der Waals surface area contributed by atoms with Crippen molar-refractivity contribution in [1.82, 2.24) is 14.8 Å². The van der Waals surface area contributed by atoms with Crippen LogP contribution in [0.25, 0.3) is 0 Å². The van der Waals surface area contributed by atoms with Crippen LogP contribution in [-0.4, -0.2) is 20.5 Å². The largest absolute Gasteiger partial charge is 0.489 e. The highest BCUT2D eigenvalue weighted by molar-refractivity contribution is 9.10. The number of ether oxygens (including phenoxy) is 1. The molecule has 0 bridgehead atoms. The second kappa shape index (κ2) is 7.89. The number of nitrogens with zero attached hydrogens (tertiary/aromatic N) is 3.